The van der Waals surface area contributed by atoms with E-state index in [1.165, 1.54) is 24.0 Å². The van der Waals surface area contributed by atoms with Gasteiger partial charge >= 0.3 is 6.03 Å². The molecular formula is C24H42N6O6. The SMILES string of the molecule is CCCCCCC[C@@H](C(=O)N1CCC[C@@H](C(=O)NC)N1)C(CN1C(=O)N(C)C(C)(C)C1=O)C(=O)NO. The third kappa shape index (κ3) is 6.52. The van der Waals surface area contributed by atoms with Crippen LogP contribution in [0.4, 0.5) is 4.79 Å². The Kier molecular flexibility index (Phi) is 10.7. The molecule has 0 bridgehead atoms. The number of likely N-dealkylation sites (N-methyl/N-ethyl adjacent to an activating group) is 2. The molecule has 0 aromatic carbocycles. The zero-order valence-corrected chi connectivity index (χ0v) is 22.1. The van der Waals surface area contributed by atoms with E-state index in [9.17, 15) is 29.2 Å². The molecule has 36 heavy (non-hydrogen) atoms. The maximum absolute atomic E-state index is 13.7. The molecular weight excluding hydrogens is 468 g/mol. The molecule has 204 valence electrons. The molecule has 0 spiro atoms. The van der Waals surface area contributed by atoms with Gasteiger partial charge in [-0.25, -0.2) is 15.7 Å². The van der Waals surface area contributed by atoms with Crippen molar-refractivity contribution in [2.45, 2.75) is 83.7 Å². The van der Waals surface area contributed by atoms with Crippen LogP contribution in [0.25, 0.3) is 0 Å². The Labute approximate surface area is 213 Å². The van der Waals surface area contributed by atoms with E-state index >= 15 is 0 Å². The zero-order valence-electron chi connectivity index (χ0n) is 22.1. The molecule has 2 heterocycles. The Morgan fingerprint density at radius 3 is 2.36 bits per heavy atom. The summed E-state index contributed by atoms with van der Waals surface area (Å²) in [6, 6.07) is -1.15. The molecule has 4 N–H and O–H groups in total. The second-order valence-corrected chi connectivity index (χ2v) is 10.1. The molecule has 0 saturated carbocycles. The summed E-state index contributed by atoms with van der Waals surface area (Å²) in [5, 5.41) is 13.4. The first-order chi connectivity index (χ1) is 17.0. The molecule has 0 aromatic rings. The number of carbonyl (C=O) groups excluding carboxylic acids is 5. The number of nitrogens with zero attached hydrogens (tertiary/aromatic N) is 3. The number of urea groups is 1. The molecule has 0 radical (unpaired) electrons. The summed E-state index contributed by atoms with van der Waals surface area (Å²) < 4.78 is 0. The van der Waals surface area contributed by atoms with Gasteiger partial charge in [-0.15, -0.1) is 0 Å². The standard InChI is InChI=1S/C24H42N6O6/c1-6-7-8-9-10-12-16(21(33)30-14-11-13-18(26-30)20(32)25-4)17(19(31)27-36)15-29-22(34)24(2,3)28(5)23(29)35/h16-18,26,36H,6-15H2,1-5H3,(H,25,32)(H,27,31)/t16-,17?,18+/m1/s1. The topological polar surface area (TPSA) is 151 Å². The minimum atomic E-state index is -1.16. The lowest BCUT2D eigenvalue weighted by molar-refractivity contribution is -0.151. The lowest BCUT2D eigenvalue weighted by Gasteiger charge is -2.37. The number of hydrazine groups is 1. The van der Waals surface area contributed by atoms with Crippen molar-refractivity contribution in [2.75, 3.05) is 27.2 Å². The highest BCUT2D eigenvalue weighted by Gasteiger charge is 2.51. The van der Waals surface area contributed by atoms with Gasteiger partial charge in [0.25, 0.3) is 5.91 Å². The van der Waals surface area contributed by atoms with Crippen molar-refractivity contribution in [3.8, 4) is 0 Å². The van der Waals surface area contributed by atoms with Gasteiger partial charge in [-0.2, -0.15) is 0 Å². The molecule has 6 amide bonds. The van der Waals surface area contributed by atoms with Gasteiger partial charge in [0.15, 0.2) is 0 Å². The molecule has 2 aliphatic rings. The minimum absolute atomic E-state index is 0.244. The number of carbonyl (C=O) groups is 5. The number of nitrogens with one attached hydrogen (secondary N) is 3. The summed E-state index contributed by atoms with van der Waals surface area (Å²) in [6.45, 7) is 5.34. The second-order valence-electron chi connectivity index (χ2n) is 10.1. The minimum Gasteiger partial charge on any atom is -0.358 e. The summed E-state index contributed by atoms with van der Waals surface area (Å²) in [4.78, 5) is 66.9. The third-order valence-electron chi connectivity index (χ3n) is 7.39. The molecule has 3 atom stereocenters. The number of hydrogen-bond acceptors (Lipinski definition) is 7. The smallest absolute Gasteiger partial charge is 0.327 e. The average Bonchev–Trinajstić information content (AvgIpc) is 3.02. The number of rotatable bonds is 12. The van der Waals surface area contributed by atoms with E-state index in [4.69, 9.17) is 0 Å². The van der Waals surface area contributed by atoms with Gasteiger partial charge in [-0.1, -0.05) is 39.0 Å². The van der Waals surface area contributed by atoms with Crippen molar-refractivity contribution in [1.82, 2.24) is 31.0 Å². The van der Waals surface area contributed by atoms with E-state index in [0.29, 0.717) is 32.2 Å². The summed E-state index contributed by atoms with van der Waals surface area (Å²) in [6.07, 6.45) is 6.10. The predicted octanol–water partition coefficient (Wildman–Crippen LogP) is 0.999. The highest BCUT2D eigenvalue weighted by molar-refractivity contribution is 6.06. The number of hydroxylamine groups is 1. The van der Waals surface area contributed by atoms with Crippen LogP contribution in [0.5, 0.6) is 0 Å². The van der Waals surface area contributed by atoms with Crippen LogP contribution in [-0.4, -0.2) is 88.4 Å². The molecule has 0 aliphatic carbocycles. The lowest BCUT2D eigenvalue weighted by Crippen LogP contribution is -2.59. The largest absolute Gasteiger partial charge is 0.358 e. The Bertz CT molecular complexity index is 834. The van der Waals surface area contributed by atoms with Gasteiger partial charge in [0.05, 0.1) is 11.8 Å². The Hall–Kier alpha value is -2.73. The maximum Gasteiger partial charge on any atom is 0.327 e. The quantitative estimate of drug-likeness (QED) is 0.132. The highest BCUT2D eigenvalue weighted by atomic mass is 16.5. The zero-order chi connectivity index (χ0) is 27.0. The van der Waals surface area contributed by atoms with E-state index < -0.39 is 47.2 Å². The fraction of sp³-hybridized carbons (Fsp3) is 0.792. The third-order valence-corrected chi connectivity index (χ3v) is 7.39. The van der Waals surface area contributed by atoms with Gasteiger partial charge < -0.3 is 10.2 Å². The second kappa shape index (κ2) is 13.0. The monoisotopic (exact) mass is 510 g/mol. The summed E-state index contributed by atoms with van der Waals surface area (Å²) in [5.74, 6) is -4.04. The van der Waals surface area contributed by atoms with Gasteiger partial charge in [-0.3, -0.25) is 34.3 Å². The number of amides is 6. The molecule has 12 nitrogen and oxygen atoms in total. The molecule has 2 fully saturated rings. The Morgan fingerprint density at radius 1 is 1.14 bits per heavy atom. The number of hydrogen-bond donors (Lipinski definition) is 4. The van der Waals surface area contributed by atoms with E-state index in [0.717, 1.165) is 30.6 Å². The van der Waals surface area contributed by atoms with Crippen LogP contribution < -0.4 is 16.2 Å². The number of unbranched alkanes of at least 4 members (excludes halogenated alkanes) is 4. The van der Waals surface area contributed by atoms with Crippen LogP contribution in [0.3, 0.4) is 0 Å². The molecule has 2 aliphatic heterocycles. The van der Waals surface area contributed by atoms with E-state index in [1.54, 1.807) is 19.3 Å². The molecule has 1 unspecified atom stereocenters. The summed E-state index contributed by atoms with van der Waals surface area (Å²) >= 11 is 0. The van der Waals surface area contributed by atoms with E-state index in [2.05, 4.69) is 17.7 Å². The maximum atomic E-state index is 13.7. The van der Waals surface area contributed by atoms with Gasteiger partial charge in [-0.05, 0) is 33.1 Å². The van der Waals surface area contributed by atoms with Gasteiger partial charge in [0, 0.05) is 27.2 Å². The predicted molar refractivity (Wildman–Crippen MR) is 131 cm³/mol. The average molecular weight is 511 g/mol. The first kappa shape index (κ1) is 29.5. The number of imide groups is 1. The van der Waals surface area contributed by atoms with Gasteiger partial charge in [0.1, 0.15) is 11.6 Å². The van der Waals surface area contributed by atoms with Crippen molar-refractivity contribution in [3.63, 3.8) is 0 Å². The van der Waals surface area contributed by atoms with Crippen molar-refractivity contribution in [3.05, 3.63) is 0 Å². The normalized spacial score (nSPS) is 21.4. The van der Waals surface area contributed by atoms with Crippen molar-refractivity contribution in [1.29, 1.82) is 0 Å². The first-order valence-electron chi connectivity index (χ1n) is 12.8. The van der Waals surface area contributed by atoms with E-state index in [1.807, 2.05) is 0 Å². The van der Waals surface area contributed by atoms with Crippen LogP contribution >= 0.6 is 0 Å². The van der Waals surface area contributed by atoms with Crippen molar-refractivity contribution < 1.29 is 29.2 Å². The summed E-state index contributed by atoms with van der Waals surface area (Å²) in [5.41, 5.74) is 3.50. The van der Waals surface area contributed by atoms with Crippen LogP contribution in [-0.2, 0) is 19.2 Å². The summed E-state index contributed by atoms with van der Waals surface area (Å²) in [7, 11) is 3.03. The molecule has 2 saturated heterocycles. The molecule has 12 heteroatoms. The molecule has 2 rings (SSSR count). The fourth-order valence-electron chi connectivity index (χ4n) is 4.79. The van der Waals surface area contributed by atoms with Crippen LogP contribution in [0.1, 0.15) is 72.1 Å². The van der Waals surface area contributed by atoms with Crippen LogP contribution in [0, 0.1) is 11.8 Å². The lowest BCUT2D eigenvalue weighted by atomic mass is 9.85. The van der Waals surface area contributed by atoms with Crippen LogP contribution in [0.2, 0.25) is 0 Å². The van der Waals surface area contributed by atoms with Crippen LogP contribution in [0.15, 0.2) is 0 Å². The highest BCUT2D eigenvalue weighted by Crippen LogP contribution is 2.30. The van der Waals surface area contributed by atoms with E-state index in [-0.39, 0.29) is 12.5 Å². The fourth-order valence-corrected chi connectivity index (χ4v) is 4.79. The van der Waals surface area contributed by atoms with Gasteiger partial charge in [0.2, 0.25) is 17.7 Å². The molecule has 0 aromatic heterocycles. The van der Waals surface area contributed by atoms with Crippen molar-refractivity contribution >= 4 is 29.7 Å². The van der Waals surface area contributed by atoms with Crippen molar-refractivity contribution in [2.24, 2.45) is 11.8 Å². The first-order valence-corrected chi connectivity index (χ1v) is 12.8. The Balaban J connectivity index is 2.32. The Morgan fingerprint density at radius 2 is 1.81 bits per heavy atom.